The standard InChI is InChI=1S/C26H24FN7/c27-19-12-20-15(5-8-29-20)11-18(19)22-23-25(33-32-22)31-21(14-30-23)34-9-6-26(7-10-34)13-16-3-1-2-4-17(16)24(26)28/h1-5,8,11-12,14,24,29H,6-7,9-10,13,28H2,(H,31,32,33)/t24-/m0/s1. The van der Waals surface area contributed by atoms with Crippen LogP contribution >= 0.6 is 0 Å². The molecule has 0 amide bonds. The Kier molecular flexibility index (Phi) is 4.11. The molecule has 0 saturated carbocycles. The molecule has 3 aromatic heterocycles. The third kappa shape index (κ3) is 2.81. The van der Waals surface area contributed by atoms with Crippen molar-refractivity contribution in [3.05, 3.63) is 71.8 Å². The molecule has 1 aliphatic carbocycles. The normalized spacial score (nSPS) is 19.4. The van der Waals surface area contributed by atoms with E-state index in [1.807, 2.05) is 6.07 Å². The number of anilines is 1. The van der Waals surface area contributed by atoms with Gasteiger partial charge in [0.25, 0.3) is 0 Å². The zero-order valence-corrected chi connectivity index (χ0v) is 18.6. The fourth-order valence-electron chi connectivity index (χ4n) is 5.88. The molecule has 4 heterocycles. The van der Waals surface area contributed by atoms with Gasteiger partial charge in [0.1, 0.15) is 17.2 Å². The molecule has 7 nitrogen and oxygen atoms in total. The Labute approximate surface area is 195 Å². The van der Waals surface area contributed by atoms with Gasteiger partial charge >= 0.3 is 0 Å². The average molecular weight is 454 g/mol. The lowest BCUT2D eigenvalue weighted by atomic mass is 9.73. The molecule has 1 saturated heterocycles. The molecule has 0 unspecified atom stereocenters. The van der Waals surface area contributed by atoms with Crippen LogP contribution in [0, 0.1) is 11.2 Å². The van der Waals surface area contributed by atoms with Gasteiger partial charge in [0.2, 0.25) is 5.65 Å². The van der Waals surface area contributed by atoms with Crippen molar-refractivity contribution in [1.82, 2.24) is 25.1 Å². The first-order valence-corrected chi connectivity index (χ1v) is 11.7. The van der Waals surface area contributed by atoms with Gasteiger partial charge in [0.15, 0.2) is 0 Å². The molecule has 5 aromatic rings. The van der Waals surface area contributed by atoms with Crippen molar-refractivity contribution in [3.63, 3.8) is 0 Å². The minimum Gasteiger partial charge on any atom is -0.361 e. The van der Waals surface area contributed by atoms with E-state index in [1.54, 1.807) is 18.5 Å². The summed E-state index contributed by atoms with van der Waals surface area (Å²) >= 11 is 0. The molecular formula is C26H24FN7. The van der Waals surface area contributed by atoms with E-state index in [9.17, 15) is 4.39 Å². The second kappa shape index (κ2) is 7.11. The van der Waals surface area contributed by atoms with Crippen LogP contribution in [0.1, 0.15) is 30.0 Å². The lowest BCUT2D eigenvalue weighted by Gasteiger charge is -2.42. The number of hydrogen-bond acceptors (Lipinski definition) is 5. The van der Waals surface area contributed by atoms with Gasteiger partial charge in [-0.25, -0.2) is 14.4 Å². The minimum absolute atomic E-state index is 0.0839. The Morgan fingerprint density at radius 3 is 2.82 bits per heavy atom. The molecule has 34 heavy (non-hydrogen) atoms. The maximum Gasteiger partial charge on any atom is 0.202 e. The van der Waals surface area contributed by atoms with Gasteiger partial charge < -0.3 is 15.6 Å². The topological polar surface area (TPSA) is 99.5 Å². The Hall–Kier alpha value is -3.78. The maximum absolute atomic E-state index is 14.8. The first-order chi connectivity index (χ1) is 16.6. The smallest absolute Gasteiger partial charge is 0.202 e. The molecule has 2 aliphatic rings. The summed E-state index contributed by atoms with van der Waals surface area (Å²) in [5.74, 6) is 0.465. The zero-order chi connectivity index (χ0) is 22.9. The molecule has 1 atom stereocenters. The van der Waals surface area contributed by atoms with Gasteiger partial charge in [-0.15, -0.1) is 0 Å². The Bertz CT molecular complexity index is 1540. The van der Waals surface area contributed by atoms with Gasteiger partial charge in [-0.05, 0) is 54.0 Å². The van der Waals surface area contributed by atoms with E-state index in [0.717, 1.165) is 49.1 Å². The number of benzene rings is 2. The van der Waals surface area contributed by atoms with Crippen LogP contribution in [0.5, 0.6) is 0 Å². The predicted octanol–water partition coefficient (Wildman–Crippen LogP) is 4.48. The fourth-order valence-corrected chi connectivity index (χ4v) is 5.88. The van der Waals surface area contributed by atoms with E-state index in [4.69, 9.17) is 10.7 Å². The molecule has 1 aliphatic heterocycles. The SMILES string of the molecule is N[C@H]1c2ccccc2CC12CCN(c1cnc3c(-c4cc5cc[nH]c5cc4F)[nH]nc3n1)CC2. The van der Waals surface area contributed by atoms with E-state index in [1.165, 1.54) is 17.2 Å². The number of fused-ring (bicyclic) bond motifs is 3. The second-order valence-electron chi connectivity index (χ2n) is 9.60. The van der Waals surface area contributed by atoms with Crippen molar-refractivity contribution in [2.75, 3.05) is 18.0 Å². The molecule has 7 rings (SSSR count). The van der Waals surface area contributed by atoms with Crippen LogP contribution in [-0.2, 0) is 6.42 Å². The summed E-state index contributed by atoms with van der Waals surface area (Å²) in [6, 6.07) is 13.9. The summed E-state index contributed by atoms with van der Waals surface area (Å²) < 4.78 is 14.8. The molecule has 1 spiro atoms. The van der Waals surface area contributed by atoms with Crippen molar-refractivity contribution in [3.8, 4) is 11.3 Å². The predicted molar refractivity (Wildman–Crippen MR) is 130 cm³/mol. The number of halogens is 1. The number of nitrogens with two attached hydrogens (primary N) is 1. The number of hydrogen-bond donors (Lipinski definition) is 3. The number of nitrogens with one attached hydrogen (secondary N) is 2. The monoisotopic (exact) mass is 453 g/mol. The third-order valence-corrected chi connectivity index (χ3v) is 7.84. The zero-order valence-electron chi connectivity index (χ0n) is 18.6. The number of nitrogens with zero attached hydrogens (tertiary/aromatic N) is 4. The first-order valence-electron chi connectivity index (χ1n) is 11.7. The van der Waals surface area contributed by atoms with Crippen LogP contribution in [0.15, 0.2) is 54.9 Å². The van der Waals surface area contributed by atoms with Crippen molar-refractivity contribution in [2.24, 2.45) is 11.1 Å². The lowest BCUT2D eigenvalue weighted by Crippen LogP contribution is -2.44. The number of H-pyrrole nitrogens is 2. The second-order valence-corrected chi connectivity index (χ2v) is 9.60. The third-order valence-electron chi connectivity index (χ3n) is 7.84. The Morgan fingerprint density at radius 1 is 1.12 bits per heavy atom. The van der Waals surface area contributed by atoms with Crippen molar-refractivity contribution >= 4 is 27.9 Å². The number of aromatic nitrogens is 5. The van der Waals surface area contributed by atoms with Crippen LogP contribution in [0.25, 0.3) is 33.3 Å². The molecule has 1 fully saturated rings. The van der Waals surface area contributed by atoms with E-state index < -0.39 is 0 Å². The van der Waals surface area contributed by atoms with Crippen LogP contribution in [-0.4, -0.2) is 38.2 Å². The van der Waals surface area contributed by atoms with Gasteiger partial charge in [0, 0.05) is 41.8 Å². The maximum atomic E-state index is 14.8. The first kappa shape index (κ1) is 19.7. The fraction of sp³-hybridized carbons (Fsp3) is 0.269. The summed E-state index contributed by atoms with van der Waals surface area (Å²) in [4.78, 5) is 14.7. The largest absolute Gasteiger partial charge is 0.361 e. The molecule has 170 valence electrons. The quantitative estimate of drug-likeness (QED) is 0.366. The summed E-state index contributed by atoms with van der Waals surface area (Å²) in [5.41, 5.74) is 12.3. The number of piperidine rings is 1. The molecule has 2 aromatic carbocycles. The summed E-state index contributed by atoms with van der Waals surface area (Å²) in [6.45, 7) is 1.75. The van der Waals surface area contributed by atoms with Gasteiger partial charge in [-0.1, -0.05) is 24.3 Å². The lowest BCUT2D eigenvalue weighted by molar-refractivity contribution is 0.187. The van der Waals surface area contributed by atoms with Gasteiger partial charge in [-0.2, -0.15) is 5.10 Å². The highest BCUT2D eigenvalue weighted by molar-refractivity contribution is 5.92. The Morgan fingerprint density at radius 2 is 1.97 bits per heavy atom. The van der Waals surface area contributed by atoms with Gasteiger partial charge in [0.05, 0.1) is 11.9 Å². The van der Waals surface area contributed by atoms with Crippen molar-refractivity contribution in [2.45, 2.75) is 25.3 Å². The molecule has 0 bridgehead atoms. The van der Waals surface area contributed by atoms with E-state index in [2.05, 4.69) is 49.3 Å². The molecule has 4 N–H and O–H groups in total. The summed E-state index contributed by atoms with van der Waals surface area (Å²) in [6.07, 6.45) is 6.63. The highest BCUT2D eigenvalue weighted by Gasteiger charge is 2.45. The number of rotatable bonds is 2. The Balaban J connectivity index is 1.16. The van der Waals surface area contributed by atoms with Crippen LogP contribution in [0.3, 0.4) is 0 Å². The van der Waals surface area contributed by atoms with E-state index in [0.29, 0.717) is 22.4 Å². The molecular weight excluding hydrogens is 429 g/mol. The van der Waals surface area contributed by atoms with Crippen LogP contribution < -0.4 is 10.6 Å². The summed E-state index contributed by atoms with van der Waals surface area (Å²) in [7, 11) is 0. The molecule has 0 radical (unpaired) electrons. The minimum atomic E-state index is -0.332. The number of aromatic amines is 2. The van der Waals surface area contributed by atoms with E-state index >= 15 is 0 Å². The van der Waals surface area contributed by atoms with Crippen molar-refractivity contribution < 1.29 is 4.39 Å². The van der Waals surface area contributed by atoms with Crippen LogP contribution in [0.4, 0.5) is 10.2 Å². The highest BCUT2D eigenvalue weighted by Crippen LogP contribution is 2.50. The van der Waals surface area contributed by atoms with Crippen LogP contribution in [0.2, 0.25) is 0 Å². The van der Waals surface area contributed by atoms with Gasteiger partial charge in [-0.3, -0.25) is 5.10 Å². The summed E-state index contributed by atoms with van der Waals surface area (Å²) in [5, 5.41) is 8.23. The van der Waals surface area contributed by atoms with Crippen molar-refractivity contribution in [1.29, 1.82) is 0 Å². The molecule has 8 heteroatoms. The highest BCUT2D eigenvalue weighted by atomic mass is 19.1. The average Bonchev–Trinajstić information content (AvgIpc) is 3.55. The van der Waals surface area contributed by atoms with E-state index in [-0.39, 0.29) is 17.3 Å².